The summed E-state index contributed by atoms with van der Waals surface area (Å²) in [6.07, 6.45) is 1.08. The summed E-state index contributed by atoms with van der Waals surface area (Å²) in [5.41, 5.74) is 0. The summed E-state index contributed by atoms with van der Waals surface area (Å²) in [7, 11) is 3.83. The van der Waals surface area contributed by atoms with Gasteiger partial charge < -0.3 is 14.4 Å². The average Bonchev–Trinajstić information content (AvgIpc) is 2.21. The molecular formula is C10H22BrNO2. The van der Waals surface area contributed by atoms with Crippen molar-refractivity contribution in [3.63, 3.8) is 0 Å². The van der Waals surface area contributed by atoms with E-state index in [1.54, 1.807) is 7.11 Å². The highest BCUT2D eigenvalue weighted by molar-refractivity contribution is 9.09. The van der Waals surface area contributed by atoms with Gasteiger partial charge in [-0.25, -0.2) is 0 Å². The van der Waals surface area contributed by atoms with E-state index >= 15 is 0 Å². The highest BCUT2D eigenvalue weighted by atomic mass is 79.9. The first-order chi connectivity index (χ1) is 6.72. The first kappa shape index (κ1) is 14.4. The second-order valence-electron chi connectivity index (χ2n) is 3.44. The van der Waals surface area contributed by atoms with Crippen LogP contribution in [0, 0.1) is 0 Å². The van der Waals surface area contributed by atoms with E-state index in [4.69, 9.17) is 9.47 Å². The van der Waals surface area contributed by atoms with E-state index in [1.807, 2.05) is 0 Å². The maximum absolute atomic E-state index is 5.37. The van der Waals surface area contributed by atoms with Gasteiger partial charge in [-0.15, -0.1) is 0 Å². The van der Waals surface area contributed by atoms with Crippen LogP contribution in [0.5, 0.6) is 0 Å². The molecule has 3 nitrogen and oxygen atoms in total. The van der Waals surface area contributed by atoms with Crippen molar-refractivity contribution in [3.8, 4) is 0 Å². The molecule has 0 aromatic carbocycles. The lowest BCUT2D eigenvalue weighted by molar-refractivity contribution is 0.0653. The minimum Gasteiger partial charge on any atom is -0.382 e. The SMILES string of the molecule is COCCOCCCN(C)C(C)CBr. The third-order valence-electron chi connectivity index (χ3n) is 2.21. The Morgan fingerprint density at radius 2 is 2.00 bits per heavy atom. The van der Waals surface area contributed by atoms with Crippen LogP contribution in [-0.4, -0.2) is 56.8 Å². The van der Waals surface area contributed by atoms with Crippen LogP contribution in [0.3, 0.4) is 0 Å². The van der Waals surface area contributed by atoms with E-state index in [-0.39, 0.29) is 0 Å². The van der Waals surface area contributed by atoms with Gasteiger partial charge in [-0.05, 0) is 20.4 Å². The van der Waals surface area contributed by atoms with Crippen molar-refractivity contribution in [2.75, 3.05) is 45.9 Å². The number of hydrogen-bond acceptors (Lipinski definition) is 3. The first-order valence-corrected chi connectivity index (χ1v) is 6.17. The molecule has 0 radical (unpaired) electrons. The molecule has 0 spiro atoms. The van der Waals surface area contributed by atoms with E-state index in [1.165, 1.54) is 0 Å². The number of methoxy groups -OCH3 is 1. The van der Waals surface area contributed by atoms with Crippen molar-refractivity contribution in [2.45, 2.75) is 19.4 Å². The Labute approximate surface area is 95.9 Å². The molecule has 14 heavy (non-hydrogen) atoms. The van der Waals surface area contributed by atoms with Crippen LogP contribution in [0.1, 0.15) is 13.3 Å². The van der Waals surface area contributed by atoms with Gasteiger partial charge in [0.25, 0.3) is 0 Å². The Bertz CT molecular complexity index is 125. The molecule has 0 heterocycles. The van der Waals surface area contributed by atoms with Crippen LogP contribution in [0.4, 0.5) is 0 Å². The molecule has 1 atom stereocenters. The van der Waals surface area contributed by atoms with E-state index in [0.29, 0.717) is 19.3 Å². The standard InChI is InChI=1S/C10H22BrNO2/c1-10(9-11)12(2)5-4-6-14-8-7-13-3/h10H,4-9H2,1-3H3. The Hall–Kier alpha value is 0.360. The average molecular weight is 268 g/mol. The second-order valence-corrected chi connectivity index (χ2v) is 4.09. The van der Waals surface area contributed by atoms with Gasteiger partial charge in [0.05, 0.1) is 13.2 Å². The van der Waals surface area contributed by atoms with Crippen LogP contribution in [0.15, 0.2) is 0 Å². The van der Waals surface area contributed by atoms with E-state index in [0.717, 1.165) is 24.9 Å². The van der Waals surface area contributed by atoms with Gasteiger partial charge in [0.2, 0.25) is 0 Å². The molecule has 86 valence electrons. The van der Waals surface area contributed by atoms with Crippen molar-refractivity contribution in [1.29, 1.82) is 0 Å². The number of rotatable bonds is 9. The van der Waals surface area contributed by atoms with Crippen LogP contribution >= 0.6 is 15.9 Å². The molecule has 0 rings (SSSR count). The van der Waals surface area contributed by atoms with Gasteiger partial charge in [-0.3, -0.25) is 0 Å². The Kier molecular flexibility index (Phi) is 10.2. The Morgan fingerprint density at radius 1 is 1.29 bits per heavy atom. The molecule has 1 unspecified atom stereocenters. The summed E-state index contributed by atoms with van der Waals surface area (Å²) < 4.78 is 10.3. The highest BCUT2D eigenvalue weighted by Gasteiger charge is 2.05. The molecular weight excluding hydrogens is 246 g/mol. The quantitative estimate of drug-likeness (QED) is 0.470. The fourth-order valence-corrected chi connectivity index (χ4v) is 1.49. The molecule has 0 aliphatic carbocycles. The van der Waals surface area contributed by atoms with Gasteiger partial charge in [-0.1, -0.05) is 15.9 Å². The lowest BCUT2D eigenvalue weighted by atomic mass is 10.3. The van der Waals surface area contributed by atoms with Gasteiger partial charge in [0, 0.05) is 31.6 Å². The normalized spacial score (nSPS) is 13.5. The number of ether oxygens (including phenoxy) is 2. The molecule has 0 bridgehead atoms. The van der Waals surface area contributed by atoms with Crippen molar-refractivity contribution >= 4 is 15.9 Å². The van der Waals surface area contributed by atoms with Crippen molar-refractivity contribution < 1.29 is 9.47 Å². The monoisotopic (exact) mass is 267 g/mol. The predicted molar refractivity (Wildman–Crippen MR) is 63.2 cm³/mol. The van der Waals surface area contributed by atoms with E-state index in [9.17, 15) is 0 Å². The summed E-state index contributed by atoms with van der Waals surface area (Å²) in [6.45, 7) is 5.50. The topological polar surface area (TPSA) is 21.7 Å². The fraction of sp³-hybridized carbons (Fsp3) is 1.00. The molecule has 0 saturated carbocycles. The number of hydrogen-bond donors (Lipinski definition) is 0. The van der Waals surface area contributed by atoms with Gasteiger partial charge in [-0.2, -0.15) is 0 Å². The minimum absolute atomic E-state index is 0.592. The van der Waals surface area contributed by atoms with Crippen LogP contribution in [0.2, 0.25) is 0 Å². The molecule has 4 heteroatoms. The third kappa shape index (κ3) is 7.74. The first-order valence-electron chi connectivity index (χ1n) is 5.05. The molecule has 0 aliphatic rings. The molecule has 0 aromatic rings. The number of halogens is 1. The van der Waals surface area contributed by atoms with E-state index < -0.39 is 0 Å². The van der Waals surface area contributed by atoms with Crippen LogP contribution < -0.4 is 0 Å². The number of nitrogens with zero attached hydrogens (tertiary/aromatic N) is 1. The van der Waals surface area contributed by atoms with Crippen molar-refractivity contribution in [3.05, 3.63) is 0 Å². The molecule has 0 aromatic heterocycles. The largest absolute Gasteiger partial charge is 0.382 e. The fourth-order valence-electron chi connectivity index (χ4n) is 0.999. The molecule has 0 saturated heterocycles. The summed E-state index contributed by atoms with van der Waals surface area (Å²) in [5, 5.41) is 1.02. The summed E-state index contributed by atoms with van der Waals surface area (Å²) in [4.78, 5) is 2.33. The minimum atomic E-state index is 0.592. The number of alkyl halides is 1. The zero-order valence-corrected chi connectivity index (χ0v) is 11.0. The lowest BCUT2D eigenvalue weighted by Gasteiger charge is -2.22. The molecule has 0 N–H and O–H groups in total. The van der Waals surface area contributed by atoms with Crippen molar-refractivity contribution in [1.82, 2.24) is 4.90 Å². The van der Waals surface area contributed by atoms with E-state index in [2.05, 4.69) is 34.8 Å². The Balaban J connectivity index is 3.18. The van der Waals surface area contributed by atoms with Gasteiger partial charge in [0.1, 0.15) is 0 Å². The molecule has 0 aliphatic heterocycles. The van der Waals surface area contributed by atoms with Gasteiger partial charge in [0.15, 0.2) is 0 Å². The maximum atomic E-state index is 5.37. The summed E-state index contributed by atoms with van der Waals surface area (Å²) >= 11 is 3.47. The lowest BCUT2D eigenvalue weighted by Crippen LogP contribution is -2.31. The van der Waals surface area contributed by atoms with Crippen molar-refractivity contribution in [2.24, 2.45) is 0 Å². The smallest absolute Gasteiger partial charge is 0.0700 e. The van der Waals surface area contributed by atoms with Crippen LogP contribution in [-0.2, 0) is 9.47 Å². The second kappa shape index (κ2) is 9.90. The summed E-state index contributed by atoms with van der Waals surface area (Å²) in [6, 6.07) is 0.592. The molecule has 0 fully saturated rings. The summed E-state index contributed by atoms with van der Waals surface area (Å²) in [5.74, 6) is 0. The van der Waals surface area contributed by atoms with Gasteiger partial charge >= 0.3 is 0 Å². The molecule has 0 amide bonds. The zero-order valence-electron chi connectivity index (χ0n) is 9.46. The Morgan fingerprint density at radius 3 is 2.57 bits per heavy atom. The third-order valence-corrected chi connectivity index (χ3v) is 3.14. The maximum Gasteiger partial charge on any atom is 0.0700 e. The highest BCUT2D eigenvalue weighted by Crippen LogP contribution is 2.00. The van der Waals surface area contributed by atoms with Crippen LogP contribution in [0.25, 0.3) is 0 Å². The predicted octanol–water partition coefficient (Wildman–Crippen LogP) is 1.75. The zero-order chi connectivity index (χ0) is 10.8.